The van der Waals surface area contributed by atoms with E-state index in [0.29, 0.717) is 16.3 Å². The van der Waals surface area contributed by atoms with Crippen molar-refractivity contribution in [1.29, 1.82) is 0 Å². The van der Waals surface area contributed by atoms with Crippen molar-refractivity contribution in [2.24, 2.45) is 0 Å². The van der Waals surface area contributed by atoms with Gasteiger partial charge in [-0.3, -0.25) is 9.78 Å². The fourth-order valence-electron chi connectivity index (χ4n) is 1.72. The number of carbonyl (C=O) groups is 2. The first kappa shape index (κ1) is 14.0. The first-order chi connectivity index (χ1) is 9.49. The lowest BCUT2D eigenvalue weighted by Gasteiger charge is -2.08. The molecule has 0 saturated carbocycles. The van der Waals surface area contributed by atoms with Crippen molar-refractivity contribution in [1.82, 2.24) is 4.98 Å². The molecule has 2 rings (SSSR count). The van der Waals surface area contributed by atoms with Crippen LogP contribution in [0, 0.1) is 6.92 Å². The van der Waals surface area contributed by atoms with Crippen LogP contribution in [0.4, 0.5) is 5.69 Å². The van der Waals surface area contributed by atoms with Crippen molar-refractivity contribution < 1.29 is 14.7 Å². The Hall–Kier alpha value is -2.40. The summed E-state index contributed by atoms with van der Waals surface area (Å²) in [6.45, 7) is 1.66. The molecule has 102 valence electrons. The SMILES string of the molecule is Cc1cc(NC(=O)c2cnccc2Cl)ccc1C(=O)O. The number of amides is 1. The Morgan fingerprint density at radius 3 is 2.60 bits per heavy atom. The summed E-state index contributed by atoms with van der Waals surface area (Å²) in [5.74, 6) is -1.40. The van der Waals surface area contributed by atoms with Crippen molar-refractivity contribution >= 4 is 29.2 Å². The normalized spacial score (nSPS) is 10.1. The minimum absolute atomic E-state index is 0.197. The molecule has 0 aliphatic heterocycles. The van der Waals surface area contributed by atoms with Crippen LogP contribution in [0.5, 0.6) is 0 Å². The second-order valence-electron chi connectivity index (χ2n) is 4.14. The quantitative estimate of drug-likeness (QED) is 0.911. The number of anilines is 1. The van der Waals surface area contributed by atoms with Crippen LogP contribution >= 0.6 is 11.6 Å². The number of hydrogen-bond donors (Lipinski definition) is 2. The Bertz CT molecular complexity index is 686. The van der Waals surface area contributed by atoms with Crippen molar-refractivity contribution in [2.75, 3.05) is 5.32 Å². The lowest BCUT2D eigenvalue weighted by atomic mass is 10.1. The summed E-state index contributed by atoms with van der Waals surface area (Å²) in [6.07, 6.45) is 2.86. The van der Waals surface area contributed by atoms with Gasteiger partial charge in [-0.2, -0.15) is 0 Å². The third-order valence-corrected chi connectivity index (χ3v) is 3.06. The van der Waals surface area contributed by atoms with Gasteiger partial charge in [0, 0.05) is 18.1 Å². The molecule has 0 aliphatic rings. The van der Waals surface area contributed by atoms with Crippen molar-refractivity contribution in [3.8, 4) is 0 Å². The molecule has 1 heterocycles. The zero-order valence-electron chi connectivity index (χ0n) is 10.6. The molecule has 2 N–H and O–H groups in total. The summed E-state index contributed by atoms with van der Waals surface area (Å²) in [5.41, 5.74) is 1.52. The van der Waals surface area contributed by atoms with E-state index in [-0.39, 0.29) is 11.1 Å². The number of aromatic nitrogens is 1. The fraction of sp³-hybridized carbons (Fsp3) is 0.0714. The monoisotopic (exact) mass is 290 g/mol. The molecule has 0 spiro atoms. The lowest BCUT2D eigenvalue weighted by molar-refractivity contribution is 0.0696. The Morgan fingerprint density at radius 1 is 1.25 bits per heavy atom. The molecule has 0 bridgehead atoms. The van der Waals surface area contributed by atoms with E-state index in [1.165, 1.54) is 30.6 Å². The summed E-state index contributed by atoms with van der Waals surface area (Å²) < 4.78 is 0. The predicted molar refractivity (Wildman–Crippen MR) is 75.3 cm³/mol. The van der Waals surface area contributed by atoms with Gasteiger partial charge >= 0.3 is 5.97 Å². The molecule has 5 nitrogen and oxygen atoms in total. The molecule has 0 atom stereocenters. The second kappa shape index (κ2) is 5.71. The number of rotatable bonds is 3. The highest BCUT2D eigenvalue weighted by molar-refractivity contribution is 6.34. The number of benzene rings is 1. The third kappa shape index (κ3) is 2.95. The van der Waals surface area contributed by atoms with Gasteiger partial charge in [0.05, 0.1) is 16.1 Å². The van der Waals surface area contributed by atoms with Gasteiger partial charge in [0.15, 0.2) is 0 Å². The minimum Gasteiger partial charge on any atom is -0.478 e. The standard InChI is InChI=1S/C14H11ClN2O3/c1-8-6-9(2-3-10(8)14(19)20)17-13(18)11-7-16-5-4-12(11)15/h2-7H,1H3,(H,17,18)(H,19,20). The maximum Gasteiger partial charge on any atom is 0.335 e. The number of carboxylic acid groups (broad SMARTS) is 1. The topological polar surface area (TPSA) is 79.3 Å². The molecule has 20 heavy (non-hydrogen) atoms. The first-order valence-electron chi connectivity index (χ1n) is 5.74. The van der Waals surface area contributed by atoms with E-state index in [9.17, 15) is 9.59 Å². The number of carbonyl (C=O) groups excluding carboxylic acids is 1. The Kier molecular flexibility index (Phi) is 4.00. The van der Waals surface area contributed by atoms with Crippen LogP contribution in [0.3, 0.4) is 0 Å². The van der Waals surface area contributed by atoms with E-state index < -0.39 is 11.9 Å². The summed E-state index contributed by atoms with van der Waals surface area (Å²) >= 11 is 5.90. The molecule has 2 aromatic rings. The molecular weight excluding hydrogens is 280 g/mol. The summed E-state index contributed by atoms with van der Waals surface area (Å²) in [4.78, 5) is 26.8. The number of aryl methyl sites for hydroxylation is 1. The van der Waals surface area contributed by atoms with Crippen molar-refractivity contribution in [3.05, 3.63) is 58.4 Å². The van der Waals surface area contributed by atoms with Gasteiger partial charge in [-0.15, -0.1) is 0 Å². The molecule has 0 unspecified atom stereocenters. The number of aromatic carboxylic acids is 1. The van der Waals surface area contributed by atoms with Gasteiger partial charge in [-0.05, 0) is 36.8 Å². The zero-order valence-corrected chi connectivity index (χ0v) is 11.3. The molecule has 1 aromatic carbocycles. The number of hydrogen-bond acceptors (Lipinski definition) is 3. The number of nitrogens with one attached hydrogen (secondary N) is 1. The Morgan fingerprint density at radius 2 is 2.00 bits per heavy atom. The van der Waals surface area contributed by atoms with Gasteiger partial charge in [-0.25, -0.2) is 4.79 Å². The maximum atomic E-state index is 12.0. The molecule has 0 radical (unpaired) electrons. The van der Waals surface area contributed by atoms with Gasteiger partial charge in [0.25, 0.3) is 5.91 Å². The second-order valence-corrected chi connectivity index (χ2v) is 4.55. The van der Waals surface area contributed by atoms with Crippen LogP contribution in [0.2, 0.25) is 5.02 Å². The van der Waals surface area contributed by atoms with E-state index in [2.05, 4.69) is 10.3 Å². The Labute approximate surface area is 120 Å². The van der Waals surface area contributed by atoms with E-state index >= 15 is 0 Å². The molecule has 1 aromatic heterocycles. The Balaban J connectivity index is 2.23. The van der Waals surface area contributed by atoms with Gasteiger partial charge in [-0.1, -0.05) is 11.6 Å². The van der Waals surface area contributed by atoms with E-state index in [1.54, 1.807) is 13.0 Å². The smallest absolute Gasteiger partial charge is 0.335 e. The van der Waals surface area contributed by atoms with Crippen LogP contribution in [-0.4, -0.2) is 22.0 Å². The third-order valence-electron chi connectivity index (χ3n) is 2.73. The number of halogens is 1. The molecule has 1 amide bonds. The molecular formula is C14H11ClN2O3. The van der Waals surface area contributed by atoms with Crippen molar-refractivity contribution in [3.63, 3.8) is 0 Å². The van der Waals surface area contributed by atoms with E-state index in [0.717, 1.165) is 0 Å². The van der Waals surface area contributed by atoms with Crippen LogP contribution in [-0.2, 0) is 0 Å². The maximum absolute atomic E-state index is 12.0. The largest absolute Gasteiger partial charge is 0.478 e. The first-order valence-corrected chi connectivity index (χ1v) is 6.11. The number of nitrogens with zero attached hydrogens (tertiary/aromatic N) is 1. The van der Waals surface area contributed by atoms with Gasteiger partial charge < -0.3 is 10.4 Å². The highest BCUT2D eigenvalue weighted by Gasteiger charge is 2.12. The zero-order chi connectivity index (χ0) is 14.7. The van der Waals surface area contributed by atoms with Gasteiger partial charge in [0.2, 0.25) is 0 Å². The van der Waals surface area contributed by atoms with E-state index in [4.69, 9.17) is 16.7 Å². The van der Waals surface area contributed by atoms with Crippen LogP contribution in [0.15, 0.2) is 36.7 Å². The summed E-state index contributed by atoms with van der Waals surface area (Å²) in [5, 5.41) is 11.9. The van der Waals surface area contributed by atoms with Crippen LogP contribution in [0.25, 0.3) is 0 Å². The molecule has 6 heteroatoms. The average Bonchev–Trinajstić information content (AvgIpc) is 2.38. The van der Waals surface area contributed by atoms with Gasteiger partial charge in [0.1, 0.15) is 0 Å². The molecule has 0 fully saturated rings. The highest BCUT2D eigenvalue weighted by Crippen LogP contribution is 2.18. The molecule has 0 aliphatic carbocycles. The van der Waals surface area contributed by atoms with Crippen LogP contribution < -0.4 is 5.32 Å². The highest BCUT2D eigenvalue weighted by atomic mass is 35.5. The lowest BCUT2D eigenvalue weighted by Crippen LogP contribution is -2.13. The van der Waals surface area contributed by atoms with Crippen LogP contribution in [0.1, 0.15) is 26.3 Å². The molecule has 0 saturated heterocycles. The summed E-state index contributed by atoms with van der Waals surface area (Å²) in [6, 6.07) is 6.08. The predicted octanol–water partition coefficient (Wildman–Crippen LogP) is 2.99. The fourth-order valence-corrected chi connectivity index (χ4v) is 1.92. The number of pyridine rings is 1. The van der Waals surface area contributed by atoms with Crippen molar-refractivity contribution in [2.45, 2.75) is 6.92 Å². The summed E-state index contributed by atoms with van der Waals surface area (Å²) in [7, 11) is 0. The minimum atomic E-state index is -1.00. The average molecular weight is 291 g/mol. The number of carboxylic acids is 1. The van der Waals surface area contributed by atoms with E-state index in [1.807, 2.05) is 0 Å².